The number of nitrogens with zero attached hydrogens (tertiary/aromatic N) is 2. The van der Waals surface area contributed by atoms with Gasteiger partial charge in [-0.05, 0) is 18.2 Å². The number of amides is 2. The molecule has 23 heavy (non-hydrogen) atoms. The lowest BCUT2D eigenvalue weighted by Crippen LogP contribution is -2.64. The first kappa shape index (κ1) is 15.9. The van der Waals surface area contributed by atoms with Crippen LogP contribution in [0.25, 0.3) is 0 Å². The second-order valence-electron chi connectivity index (χ2n) is 5.89. The first-order chi connectivity index (χ1) is 10.9. The van der Waals surface area contributed by atoms with Crippen molar-refractivity contribution in [2.45, 2.75) is 10.9 Å². The molecule has 2 aliphatic heterocycles. The molecule has 1 aromatic rings. The molecule has 2 fully saturated rings. The summed E-state index contributed by atoms with van der Waals surface area (Å²) in [6.07, 6.45) is 1.11. The third-order valence-corrected chi connectivity index (χ3v) is 5.40. The number of nitrogens with one attached hydrogen (secondary N) is 1. The first-order valence-electron chi connectivity index (χ1n) is 7.47. The Hall–Kier alpha value is -1.93. The molecule has 0 aromatic heterocycles. The molecule has 7 nitrogen and oxygen atoms in total. The first-order valence-corrected chi connectivity index (χ1v) is 9.36. The summed E-state index contributed by atoms with van der Waals surface area (Å²) >= 11 is 0. The quantitative estimate of drug-likeness (QED) is 0.775. The summed E-state index contributed by atoms with van der Waals surface area (Å²) in [6.45, 7) is 2.94. The van der Waals surface area contributed by atoms with Gasteiger partial charge in [0.25, 0.3) is 5.91 Å². The van der Waals surface area contributed by atoms with Crippen LogP contribution in [0.2, 0.25) is 0 Å². The summed E-state index contributed by atoms with van der Waals surface area (Å²) < 4.78 is 23.3. The Morgan fingerprint density at radius 3 is 2.78 bits per heavy atom. The number of carbonyl (C=O) groups is 2. The van der Waals surface area contributed by atoms with Gasteiger partial charge in [0, 0.05) is 44.5 Å². The minimum absolute atomic E-state index is 0.0568. The van der Waals surface area contributed by atoms with Crippen molar-refractivity contribution in [3.05, 3.63) is 29.8 Å². The number of sulfone groups is 1. The molecule has 1 atom stereocenters. The van der Waals surface area contributed by atoms with Gasteiger partial charge in [0.2, 0.25) is 5.91 Å². The van der Waals surface area contributed by atoms with Crippen LogP contribution in [0.3, 0.4) is 0 Å². The fraction of sp³-hybridized carbons (Fsp3) is 0.467. The van der Waals surface area contributed by atoms with Crippen LogP contribution in [0.1, 0.15) is 10.4 Å². The van der Waals surface area contributed by atoms with Crippen LogP contribution in [0.5, 0.6) is 0 Å². The van der Waals surface area contributed by atoms with Crippen molar-refractivity contribution in [1.29, 1.82) is 0 Å². The molecule has 0 bridgehead atoms. The molecular weight excluding hydrogens is 318 g/mol. The number of piperazine rings is 2. The average Bonchev–Trinajstić information content (AvgIpc) is 2.54. The molecule has 2 amide bonds. The van der Waals surface area contributed by atoms with Crippen LogP contribution < -0.4 is 5.32 Å². The molecule has 124 valence electrons. The summed E-state index contributed by atoms with van der Waals surface area (Å²) in [4.78, 5) is 28.4. The summed E-state index contributed by atoms with van der Waals surface area (Å²) in [5.74, 6) is -0.299. The molecule has 1 aromatic carbocycles. The zero-order chi connectivity index (χ0) is 16.6. The van der Waals surface area contributed by atoms with Crippen molar-refractivity contribution < 1.29 is 18.0 Å². The summed E-state index contributed by atoms with van der Waals surface area (Å²) in [6, 6.07) is 5.71. The number of hydrogen-bond acceptors (Lipinski definition) is 5. The lowest BCUT2D eigenvalue weighted by molar-refractivity contribution is -0.131. The van der Waals surface area contributed by atoms with Crippen molar-refractivity contribution in [1.82, 2.24) is 15.1 Å². The smallest absolute Gasteiger partial charge is 0.254 e. The molecule has 0 saturated carbocycles. The van der Waals surface area contributed by atoms with E-state index in [2.05, 4.69) is 10.2 Å². The van der Waals surface area contributed by atoms with Gasteiger partial charge in [-0.3, -0.25) is 14.5 Å². The molecule has 0 spiro atoms. The van der Waals surface area contributed by atoms with E-state index in [0.29, 0.717) is 31.7 Å². The number of benzene rings is 1. The normalized spacial score (nSPS) is 22.4. The maximum atomic E-state index is 12.6. The summed E-state index contributed by atoms with van der Waals surface area (Å²) in [5, 5.41) is 2.81. The molecule has 0 aliphatic carbocycles. The van der Waals surface area contributed by atoms with Gasteiger partial charge < -0.3 is 10.2 Å². The highest BCUT2D eigenvalue weighted by Gasteiger charge is 2.36. The lowest BCUT2D eigenvalue weighted by Gasteiger charge is -2.43. The van der Waals surface area contributed by atoms with E-state index in [0.717, 1.165) is 12.8 Å². The van der Waals surface area contributed by atoms with Gasteiger partial charge in [0.15, 0.2) is 9.84 Å². The van der Waals surface area contributed by atoms with Gasteiger partial charge in [0.05, 0.1) is 4.90 Å². The molecule has 2 aliphatic rings. The van der Waals surface area contributed by atoms with Crippen LogP contribution in [-0.4, -0.2) is 75.1 Å². The zero-order valence-electron chi connectivity index (χ0n) is 12.9. The fourth-order valence-electron chi connectivity index (χ4n) is 3.00. The summed E-state index contributed by atoms with van der Waals surface area (Å²) in [7, 11) is -3.36. The fourth-order valence-corrected chi connectivity index (χ4v) is 3.67. The van der Waals surface area contributed by atoms with Crippen molar-refractivity contribution >= 4 is 21.7 Å². The van der Waals surface area contributed by atoms with E-state index in [1.54, 1.807) is 17.0 Å². The van der Waals surface area contributed by atoms with Crippen LogP contribution in [0, 0.1) is 0 Å². The second-order valence-corrected chi connectivity index (χ2v) is 7.91. The zero-order valence-corrected chi connectivity index (χ0v) is 13.7. The van der Waals surface area contributed by atoms with E-state index in [1.807, 2.05) is 0 Å². The number of rotatable bonds is 2. The van der Waals surface area contributed by atoms with Gasteiger partial charge in [0.1, 0.15) is 6.04 Å². The minimum Gasteiger partial charge on any atom is -0.353 e. The van der Waals surface area contributed by atoms with E-state index >= 15 is 0 Å². The minimum atomic E-state index is -3.36. The Morgan fingerprint density at radius 1 is 1.26 bits per heavy atom. The molecular formula is C15H19N3O4S. The molecule has 1 N–H and O–H groups in total. The van der Waals surface area contributed by atoms with Crippen molar-refractivity contribution in [2.24, 2.45) is 0 Å². The molecule has 0 radical (unpaired) electrons. The SMILES string of the molecule is CS(=O)(=O)c1cccc(C(=O)N2CCN3CCNC(=O)C3C2)c1. The van der Waals surface area contributed by atoms with E-state index in [1.165, 1.54) is 12.1 Å². The van der Waals surface area contributed by atoms with E-state index in [4.69, 9.17) is 0 Å². The maximum Gasteiger partial charge on any atom is 0.254 e. The van der Waals surface area contributed by atoms with E-state index in [-0.39, 0.29) is 22.8 Å². The molecule has 2 saturated heterocycles. The average molecular weight is 337 g/mol. The Labute approximate surface area is 135 Å². The molecule has 2 heterocycles. The van der Waals surface area contributed by atoms with Crippen molar-refractivity contribution in [3.63, 3.8) is 0 Å². The van der Waals surface area contributed by atoms with Crippen LogP contribution >= 0.6 is 0 Å². The monoisotopic (exact) mass is 337 g/mol. The predicted molar refractivity (Wildman–Crippen MR) is 83.8 cm³/mol. The largest absolute Gasteiger partial charge is 0.353 e. The topological polar surface area (TPSA) is 86.8 Å². The Morgan fingerprint density at radius 2 is 2.04 bits per heavy atom. The standard InChI is InChI=1S/C15H19N3O4S/c1-23(21,22)12-4-2-3-11(9-12)15(20)18-8-7-17-6-5-16-14(19)13(17)10-18/h2-4,9,13H,5-8,10H2,1H3,(H,16,19). The van der Waals surface area contributed by atoms with Gasteiger partial charge in [-0.1, -0.05) is 6.07 Å². The maximum absolute atomic E-state index is 12.6. The van der Waals surface area contributed by atoms with Gasteiger partial charge in [-0.25, -0.2) is 8.42 Å². The van der Waals surface area contributed by atoms with Gasteiger partial charge in [-0.2, -0.15) is 0 Å². The predicted octanol–water partition coefficient (Wildman–Crippen LogP) is -0.654. The van der Waals surface area contributed by atoms with Crippen molar-refractivity contribution in [3.8, 4) is 0 Å². The van der Waals surface area contributed by atoms with Crippen molar-refractivity contribution in [2.75, 3.05) is 39.0 Å². The van der Waals surface area contributed by atoms with Crippen LogP contribution in [0.15, 0.2) is 29.2 Å². The van der Waals surface area contributed by atoms with Gasteiger partial charge >= 0.3 is 0 Å². The summed E-state index contributed by atoms with van der Waals surface area (Å²) in [5.41, 5.74) is 0.331. The lowest BCUT2D eigenvalue weighted by atomic mass is 10.1. The third-order valence-electron chi connectivity index (χ3n) is 4.29. The number of fused-ring (bicyclic) bond motifs is 1. The highest BCUT2D eigenvalue weighted by atomic mass is 32.2. The van der Waals surface area contributed by atoms with Gasteiger partial charge in [-0.15, -0.1) is 0 Å². The van der Waals surface area contributed by atoms with Crippen LogP contribution in [-0.2, 0) is 14.6 Å². The number of carbonyl (C=O) groups excluding carboxylic acids is 2. The van der Waals surface area contributed by atoms with E-state index in [9.17, 15) is 18.0 Å². The third kappa shape index (κ3) is 3.23. The highest BCUT2D eigenvalue weighted by Crippen LogP contribution is 2.17. The Balaban J connectivity index is 1.80. The number of hydrogen-bond donors (Lipinski definition) is 1. The van der Waals surface area contributed by atoms with Crippen LogP contribution in [0.4, 0.5) is 0 Å². The molecule has 1 unspecified atom stereocenters. The molecule has 3 rings (SSSR count). The Bertz CT molecular complexity index is 747. The Kier molecular flexibility index (Phi) is 4.11. The van der Waals surface area contributed by atoms with E-state index < -0.39 is 9.84 Å². The highest BCUT2D eigenvalue weighted by molar-refractivity contribution is 7.90. The molecule has 8 heteroatoms. The second kappa shape index (κ2) is 5.93.